The number of piperidine rings is 1. The summed E-state index contributed by atoms with van der Waals surface area (Å²) in [5.41, 5.74) is 0.411. The number of imide groups is 1. The molecular weight excluding hydrogens is 264 g/mol. The molecule has 2 saturated heterocycles. The van der Waals surface area contributed by atoms with Gasteiger partial charge in [-0.1, -0.05) is 23.7 Å². The highest BCUT2D eigenvalue weighted by Gasteiger charge is 2.57. The number of halogens is 1. The Labute approximate surface area is 116 Å². The number of carbonyl (C=O) groups excluding carboxylic acids is 2. The van der Waals surface area contributed by atoms with E-state index in [1.165, 1.54) is 0 Å². The predicted molar refractivity (Wildman–Crippen MR) is 71.6 cm³/mol. The second-order valence-electron chi connectivity index (χ2n) is 5.51. The van der Waals surface area contributed by atoms with Crippen molar-refractivity contribution in [1.82, 2.24) is 10.2 Å². The number of carbonyl (C=O) groups is 2. The molecule has 0 aliphatic carbocycles. The minimum absolute atomic E-state index is 0.0753. The fourth-order valence-electron chi connectivity index (χ4n) is 3.20. The van der Waals surface area contributed by atoms with Crippen LogP contribution in [0.15, 0.2) is 24.3 Å². The molecule has 100 valence electrons. The average Bonchev–Trinajstić information content (AvgIpc) is 2.61. The Morgan fingerprint density at radius 1 is 1.32 bits per heavy atom. The largest absolute Gasteiger partial charge is 0.295 e. The van der Waals surface area contributed by atoms with Crippen LogP contribution < -0.4 is 5.32 Å². The lowest BCUT2D eigenvalue weighted by molar-refractivity contribution is -0.139. The Kier molecular flexibility index (Phi) is 2.69. The zero-order valence-electron chi connectivity index (χ0n) is 10.8. The quantitative estimate of drug-likeness (QED) is 0.796. The molecule has 2 bridgehead atoms. The summed E-state index contributed by atoms with van der Waals surface area (Å²) in [5, 5.41) is 3.14. The maximum atomic E-state index is 12.0. The molecule has 0 saturated carbocycles. The molecular formula is C14H15ClN2O2. The molecule has 2 heterocycles. The Morgan fingerprint density at radius 2 is 1.95 bits per heavy atom. The summed E-state index contributed by atoms with van der Waals surface area (Å²) >= 11 is 5.90. The van der Waals surface area contributed by atoms with E-state index in [0.717, 1.165) is 5.56 Å². The second-order valence-corrected chi connectivity index (χ2v) is 5.95. The van der Waals surface area contributed by atoms with Crippen LogP contribution in [0.25, 0.3) is 0 Å². The number of amides is 2. The lowest BCUT2D eigenvalue weighted by atomic mass is 9.86. The maximum Gasteiger partial charge on any atom is 0.246 e. The Bertz CT molecular complexity index is 557. The fraction of sp³-hybridized carbons (Fsp3) is 0.429. The molecule has 1 aromatic carbocycles. The van der Waals surface area contributed by atoms with Crippen LogP contribution in [0.1, 0.15) is 24.9 Å². The number of benzene rings is 1. The summed E-state index contributed by atoms with van der Waals surface area (Å²) in [7, 11) is 1.90. The zero-order valence-corrected chi connectivity index (χ0v) is 11.6. The SMILES string of the molecule is CN1[C@@H](c2ccc(Cl)cc2)[C@@H]2C[C@@]1(C)C(=O)NC2=O. The van der Waals surface area contributed by atoms with Crippen molar-refractivity contribution in [2.45, 2.75) is 24.9 Å². The molecule has 1 aromatic rings. The van der Waals surface area contributed by atoms with E-state index < -0.39 is 5.54 Å². The number of nitrogens with zero attached hydrogens (tertiary/aromatic N) is 1. The molecule has 0 unspecified atom stereocenters. The van der Waals surface area contributed by atoms with Crippen molar-refractivity contribution in [3.8, 4) is 0 Å². The molecule has 5 heteroatoms. The van der Waals surface area contributed by atoms with Crippen LogP contribution in [-0.4, -0.2) is 29.3 Å². The third-order valence-corrected chi connectivity index (χ3v) is 4.72. The average molecular weight is 279 g/mol. The van der Waals surface area contributed by atoms with Crippen molar-refractivity contribution in [3.63, 3.8) is 0 Å². The van der Waals surface area contributed by atoms with Gasteiger partial charge in [0, 0.05) is 11.1 Å². The topological polar surface area (TPSA) is 49.4 Å². The van der Waals surface area contributed by atoms with Gasteiger partial charge in [0.15, 0.2) is 0 Å². The number of likely N-dealkylation sites (N-methyl/N-ethyl adjacent to an activating group) is 1. The summed E-state index contributed by atoms with van der Waals surface area (Å²) < 4.78 is 0. The molecule has 3 rings (SSSR count). The van der Waals surface area contributed by atoms with Gasteiger partial charge >= 0.3 is 0 Å². The van der Waals surface area contributed by atoms with E-state index in [4.69, 9.17) is 11.6 Å². The maximum absolute atomic E-state index is 12.0. The van der Waals surface area contributed by atoms with Gasteiger partial charge in [-0.3, -0.25) is 19.8 Å². The smallest absolute Gasteiger partial charge is 0.246 e. The van der Waals surface area contributed by atoms with Crippen LogP contribution in [0, 0.1) is 5.92 Å². The lowest BCUT2D eigenvalue weighted by Crippen LogP contribution is -2.55. The van der Waals surface area contributed by atoms with E-state index in [0.29, 0.717) is 11.4 Å². The van der Waals surface area contributed by atoms with E-state index in [-0.39, 0.29) is 23.8 Å². The number of hydrogen-bond donors (Lipinski definition) is 1. The number of nitrogens with one attached hydrogen (secondary N) is 1. The molecule has 3 atom stereocenters. The van der Waals surface area contributed by atoms with E-state index in [2.05, 4.69) is 5.32 Å². The summed E-state index contributed by atoms with van der Waals surface area (Å²) in [4.78, 5) is 26.0. The number of likely N-dealkylation sites (tertiary alicyclic amines) is 1. The van der Waals surface area contributed by atoms with Gasteiger partial charge in [0.05, 0.1) is 11.5 Å². The fourth-order valence-corrected chi connectivity index (χ4v) is 3.33. The molecule has 1 N–H and O–H groups in total. The highest BCUT2D eigenvalue weighted by Crippen LogP contribution is 2.47. The minimum Gasteiger partial charge on any atom is -0.295 e. The molecule has 2 fully saturated rings. The molecule has 0 aromatic heterocycles. The Balaban J connectivity index is 2.05. The first-order chi connectivity index (χ1) is 8.93. The van der Waals surface area contributed by atoms with Crippen LogP contribution >= 0.6 is 11.6 Å². The second kappa shape index (κ2) is 4.05. The van der Waals surface area contributed by atoms with Gasteiger partial charge in [0.2, 0.25) is 11.8 Å². The van der Waals surface area contributed by atoms with Gasteiger partial charge in [-0.15, -0.1) is 0 Å². The van der Waals surface area contributed by atoms with Crippen LogP contribution in [0.2, 0.25) is 5.02 Å². The first-order valence-corrected chi connectivity index (χ1v) is 6.65. The Morgan fingerprint density at radius 3 is 2.58 bits per heavy atom. The highest BCUT2D eigenvalue weighted by atomic mass is 35.5. The molecule has 2 aliphatic rings. The van der Waals surface area contributed by atoms with Gasteiger partial charge in [-0.25, -0.2) is 0 Å². The molecule has 19 heavy (non-hydrogen) atoms. The van der Waals surface area contributed by atoms with Crippen LogP contribution in [-0.2, 0) is 9.59 Å². The van der Waals surface area contributed by atoms with Crippen LogP contribution in [0.3, 0.4) is 0 Å². The predicted octanol–water partition coefficient (Wildman–Crippen LogP) is 1.75. The number of fused-ring (bicyclic) bond motifs is 2. The third-order valence-electron chi connectivity index (χ3n) is 4.47. The van der Waals surface area contributed by atoms with Gasteiger partial charge in [0.25, 0.3) is 0 Å². The number of hydrogen-bond acceptors (Lipinski definition) is 3. The third kappa shape index (κ3) is 1.70. The van der Waals surface area contributed by atoms with Crippen molar-refractivity contribution in [2.24, 2.45) is 5.92 Å². The van der Waals surface area contributed by atoms with E-state index >= 15 is 0 Å². The first kappa shape index (κ1) is 12.6. The molecule has 2 amide bonds. The highest BCUT2D eigenvalue weighted by molar-refractivity contribution is 6.30. The van der Waals surface area contributed by atoms with Crippen molar-refractivity contribution in [3.05, 3.63) is 34.9 Å². The van der Waals surface area contributed by atoms with E-state index in [1.807, 2.05) is 43.1 Å². The van der Waals surface area contributed by atoms with Crippen molar-refractivity contribution >= 4 is 23.4 Å². The summed E-state index contributed by atoms with van der Waals surface area (Å²) in [6.07, 6.45) is 0.571. The van der Waals surface area contributed by atoms with Crippen LogP contribution in [0.4, 0.5) is 0 Å². The van der Waals surface area contributed by atoms with Crippen molar-refractivity contribution < 1.29 is 9.59 Å². The van der Waals surface area contributed by atoms with Gasteiger partial charge in [-0.05, 0) is 38.1 Å². The van der Waals surface area contributed by atoms with Gasteiger partial charge < -0.3 is 0 Å². The minimum atomic E-state index is -0.608. The summed E-state index contributed by atoms with van der Waals surface area (Å²) in [6, 6.07) is 7.40. The molecule has 2 aliphatic heterocycles. The monoisotopic (exact) mass is 278 g/mol. The lowest BCUT2D eigenvalue weighted by Gasteiger charge is -2.32. The first-order valence-electron chi connectivity index (χ1n) is 6.27. The van der Waals surface area contributed by atoms with Gasteiger partial charge in [0.1, 0.15) is 0 Å². The standard InChI is InChI=1S/C14H15ClN2O2/c1-14-7-10(12(18)16-13(14)19)11(17(14)2)8-3-5-9(15)6-4-8/h3-6,10-11H,7H2,1-2H3,(H,16,18,19)/t10-,11-,14-/m0/s1. The normalized spacial score (nSPS) is 34.5. The van der Waals surface area contributed by atoms with E-state index in [1.54, 1.807) is 0 Å². The van der Waals surface area contributed by atoms with Crippen molar-refractivity contribution in [1.29, 1.82) is 0 Å². The Hall–Kier alpha value is -1.39. The molecule has 4 nitrogen and oxygen atoms in total. The zero-order chi connectivity index (χ0) is 13.8. The molecule has 0 spiro atoms. The van der Waals surface area contributed by atoms with Crippen LogP contribution in [0.5, 0.6) is 0 Å². The molecule has 0 radical (unpaired) electrons. The van der Waals surface area contributed by atoms with Crippen molar-refractivity contribution in [2.75, 3.05) is 7.05 Å². The number of rotatable bonds is 1. The summed E-state index contributed by atoms with van der Waals surface area (Å²) in [6.45, 7) is 1.89. The van der Waals surface area contributed by atoms with Gasteiger partial charge in [-0.2, -0.15) is 0 Å². The summed E-state index contributed by atoms with van der Waals surface area (Å²) in [5.74, 6) is -0.562. The van der Waals surface area contributed by atoms with E-state index in [9.17, 15) is 9.59 Å².